The van der Waals surface area contributed by atoms with Crippen LogP contribution in [0.3, 0.4) is 0 Å². The topological polar surface area (TPSA) is 104 Å². The number of carbonyl (C=O) groups is 1. The van der Waals surface area contributed by atoms with Gasteiger partial charge in [0.25, 0.3) is 0 Å². The first kappa shape index (κ1) is 27.4. The number of sulfonamides is 1. The highest BCUT2D eigenvalue weighted by atomic mass is 32.2. The van der Waals surface area contributed by atoms with Gasteiger partial charge in [-0.25, -0.2) is 16.8 Å². The van der Waals surface area contributed by atoms with Crippen LogP contribution >= 0.6 is 0 Å². The summed E-state index contributed by atoms with van der Waals surface area (Å²) in [7, 11) is -6.93. The largest absolute Gasteiger partial charge is 0.369 e. The summed E-state index contributed by atoms with van der Waals surface area (Å²) in [6.45, 7) is 1.28. The molecule has 1 unspecified atom stereocenters. The first-order valence-corrected chi connectivity index (χ1v) is 16.9. The van der Waals surface area contributed by atoms with Gasteiger partial charge in [-0.15, -0.1) is 0 Å². The summed E-state index contributed by atoms with van der Waals surface area (Å²) < 4.78 is 52.7. The lowest BCUT2D eigenvalue weighted by molar-refractivity contribution is -0.125. The predicted octanol–water partition coefficient (Wildman–Crippen LogP) is 3.51. The minimum atomic E-state index is -3.98. The third-order valence-electron chi connectivity index (χ3n) is 7.95. The number of hydrogen-bond donors (Lipinski definition) is 1. The zero-order valence-electron chi connectivity index (χ0n) is 22.4. The van der Waals surface area contributed by atoms with Crippen LogP contribution in [-0.2, 0) is 44.2 Å². The summed E-state index contributed by atoms with van der Waals surface area (Å²) in [4.78, 5) is 15.8. The number of fused-ring (bicyclic) bond motifs is 2. The number of hydrogen-bond acceptors (Lipinski definition) is 6. The van der Waals surface area contributed by atoms with Gasteiger partial charge in [-0.3, -0.25) is 4.79 Å². The molecular weight excluding hydrogens is 558 g/mol. The molecule has 8 nitrogen and oxygen atoms in total. The Kier molecular flexibility index (Phi) is 7.31. The molecule has 1 saturated heterocycles. The highest BCUT2D eigenvalue weighted by molar-refractivity contribution is 7.91. The Labute approximate surface area is 240 Å². The Morgan fingerprint density at radius 1 is 0.829 bits per heavy atom. The Morgan fingerprint density at radius 2 is 1.49 bits per heavy atom. The lowest BCUT2D eigenvalue weighted by Gasteiger charge is -2.35. The van der Waals surface area contributed by atoms with Gasteiger partial charge in [0.1, 0.15) is 6.04 Å². The van der Waals surface area contributed by atoms with E-state index < -0.39 is 25.9 Å². The molecule has 0 aromatic heterocycles. The van der Waals surface area contributed by atoms with E-state index in [-0.39, 0.29) is 41.8 Å². The van der Waals surface area contributed by atoms with Crippen LogP contribution in [0.5, 0.6) is 0 Å². The van der Waals surface area contributed by atoms with Crippen molar-refractivity contribution in [1.82, 2.24) is 9.62 Å². The van der Waals surface area contributed by atoms with E-state index in [0.717, 1.165) is 33.2 Å². The zero-order valence-corrected chi connectivity index (χ0v) is 24.1. The Morgan fingerprint density at radius 3 is 2.22 bits per heavy atom. The molecule has 4 aromatic rings. The number of nitrogens with one attached hydrogen (secondary N) is 1. The molecule has 1 fully saturated rings. The predicted molar refractivity (Wildman–Crippen MR) is 160 cm³/mol. The van der Waals surface area contributed by atoms with Gasteiger partial charge in [-0.1, -0.05) is 66.7 Å². The third-order valence-corrected chi connectivity index (χ3v) is 11.4. The van der Waals surface area contributed by atoms with E-state index in [4.69, 9.17) is 0 Å². The van der Waals surface area contributed by atoms with Gasteiger partial charge < -0.3 is 10.2 Å². The molecule has 2 aliphatic heterocycles. The van der Waals surface area contributed by atoms with Crippen molar-refractivity contribution in [2.75, 3.05) is 29.5 Å². The van der Waals surface area contributed by atoms with Crippen molar-refractivity contribution < 1.29 is 21.6 Å². The maximum absolute atomic E-state index is 14.0. The van der Waals surface area contributed by atoms with Crippen molar-refractivity contribution >= 4 is 42.2 Å². The Hall–Kier alpha value is -3.73. The van der Waals surface area contributed by atoms with Gasteiger partial charge in [-0.2, -0.15) is 4.31 Å². The summed E-state index contributed by atoms with van der Waals surface area (Å²) in [5, 5.41) is 4.72. The maximum Gasteiger partial charge on any atom is 0.244 e. The number of carbonyl (C=O) groups excluding carboxylic acids is 1. The standard InChI is InChI=1S/C31H31N3O5S2/c35-31(32-21-23-9-12-28(13-10-23)33-15-17-40(36,37)18-16-33)30-20-26-7-3-4-8-27(26)22-34(30)41(38,39)29-14-11-24-5-1-2-6-25(24)19-29/h1-14,19,30H,15-18,20-22H2,(H,32,35). The SMILES string of the molecule is O=C(NCc1ccc(N2CCS(=O)(=O)CC2)cc1)C1Cc2ccccc2CN1S(=O)(=O)c1ccc2ccccc2c1. The fourth-order valence-corrected chi connectivity index (χ4v) is 8.34. The Balaban J connectivity index is 1.21. The summed E-state index contributed by atoms with van der Waals surface area (Å²) >= 11 is 0. The van der Waals surface area contributed by atoms with Crippen molar-refractivity contribution in [2.45, 2.75) is 30.4 Å². The molecule has 6 rings (SSSR count). The molecule has 212 valence electrons. The zero-order chi connectivity index (χ0) is 28.6. The molecule has 1 amide bonds. The van der Waals surface area contributed by atoms with Gasteiger partial charge in [0.2, 0.25) is 15.9 Å². The van der Waals surface area contributed by atoms with Crippen LogP contribution in [0.15, 0.2) is 95.9 Å². The van der Waals surface area contributed by atoms with E-state index in [0.29, 0.717) is 13.1 Å². The van der Waals surface area contributed by atoms with Gasteiger partial charge in [0.15, 0.2) is 9.84 Å². The molecule has 4 aromatic carbocycles. The molecule has 0 saturated carbocycles. The smallest absolute Gasteiger partial charge is 0.244 e. The van der Waals surface area contributed by atoms with E-state index in [1.165, 1.54) is 4.31 Å². The van der Waals surface area contributed by atoms with Gasteiger partial charge >= 0.3 is 0 Å². The number of amides is 1. The Bertz CT molecular complexity index is 1810. The molecule has 0 radical (unpaired) electrons. The molecule has 0 bridgehead atoms. The molecule has 0 aliphatic carbocycles. The van der Waals surface area contributed by atoms with Gasteiger partial charge in [-0.05, 0) is 58.1 Å². The van der Waals surface area contributed by atoms with Crippen molar-refractivity contribution in [3.63, 3.8) is 0 Å². The number of nitrogens with zero attached hydrogens (tertiary/aromatic N) is 2. The number of benzene rings is 4. The molecule has 10 heteroatoms. The average Bonchev–Trinajstić information content (AvgIpc) is 2.99. The molecular formula is C31H31N3O5S2. The van der Waals surface area contributed by atoms with Crippen molar-refractivity contribution in [3.8, 4) is 0 Å². The average molecular weight is 590 g/mol. The van der Waals surface area contributed by atoms with Crippen molar-refractivity contribution in [2.24, 2.45) is 0 Å². The quantitative estimate of drug-likeness (QED) is 0.369. The number of rotatable bonds is 6. The lowest BCUT2D eigenvalue weighted by atomic mass is 9.95. The normalized spacial score (nSPS) is 19.0. The van der Waals surface area contributed by atoms with Crippen LogP contribution in [0.1, 0.15) is 16.7 Å². The summed E-state index contributed by atoms with van der Waals surface area (Å²) in [6.07, 6.45) is 0.283. The summed E-state index contributed by atoms with van der Waals surface area (Å²) in [5.74, 6) is -0.0591. The molecule has 1 N–H and O–H groups in total. The van der Waals surface area contributed by atoms with E-state index in [1.807, 2.05) is 77.7 Å². The number of anilines is 1. The number of sulfone groups is 1. The van der Waals surface area contributed by atoms with Crippen molar-refractivity contribution in [3.05, 3.63) is 108 Å². The second-order valence-electron chi connectivity index (χ2n) is 10.6. The van der Waals surface area contributed by atoms with Gasteiger partial charge in [0.05, 0.1) is 16.4 Å². The van der Waals surface area contributed by atoms with Crippen molar-refractivity contribution in [1.29, 1.82) is 0 Å². The maximum atomic E-state index is 14.0. The monoisotopic (exact) mass is 589 g/mol. The first-order valence-electron chi connectivity index (χ1n) is 13.6. The minimum absolute atomic E-state index is 0.115. The molecule has 41 heavy (non-hydrogen) atoms. The van der Waals surface area contributed by atoms with E-state index >= 15 is 0 Å². The second kappa shape index (κ2) is 10.9. The first-order chi connectivity index (χ1) is 19.7. The lowest BCUT2D eigenvalue weighted by Crippen LogP contribution is -2.52. The van der Waals surface area contributed by atoms with Gasteiger partial charge in [0, 0.05) is 31.9 Å². The van der Waals surface area contributed by atoms with E-state index in [9.17, 15) is 21.6 Å². The van der Waals surface area contributed by atoms with Crippen LogP contribution in [0.4, 0.5) is 5.69 Å². The fraction of sp³-hybridized carbons (Fsp3) is 0.258. The molecule has 2 heterocycles. The van der Waals surface area contributed by atoms with E-state index in [1.54, 1.807) is 18.2 Å². The molecule has 0 spiro atoms. The minimum Gasteiger partial charge on any atom is -0.369 e. The molecule has 1 atom stereocenters. The van der Waals surface area contributed by atoms with E-state index in [2.05, 4.69) is 5.32 Å². The molecule has 2 aliphatic rings. The van der Waals surface area contributed by atoms with Crippen LogP contribution < -0.4 is 10.2 Å². The van der Waals surface area contributed by atoms with Crippen LogP contribution in [0, 0.1) is 0 Å². The van der Waals surface area contributed by atoms with Crippen LogP contribution in [0.25, 0.3) is 10.8 Å². The fourth-order valence-electron chi connectivity index (χ4n) is 5.54. The summed E-state index contributed by atoms with van der Waals surface area (Å²) in [6, 6.07) is 27.0. The highest BCUT2D eigenvalue weighted by Gasteiger charge is 2.39. The third kappa shape index (κ3) is 5.72. The van der Waals surface area contributed by atoms with Crippen LogP contribution in [0.2, 0.25) is 0 Å². The van der Waals surface area contributed by atoms with Crippen LogP contribution in [-0.4, -0.2) is 57.7 Å². The summed E-state index contributed by atoms with van der Waals surface area (Å²) in [5.41, 5.74) is 3.66. The highest BCUT2D eigenvalue weighted by Crippen LogP contribution is 2.31. The second-order valence-corrected chi connectivity index (χ2v) is 14.8.